The molecule has 0 amide bonds. The third-order valence-electron chi connectivity index (χ3n) is 11.4. The van der Waals surface area contributed by atoms with Crippen LogP contribution in [0.5, 0.6) is 69.0 Å². The number of carbonyl (C=O) groups is 7. The van der Waals surface area contributed by atoms with E-state index in [0.717, 1.165) is 0 Å². The first-order valence-corrected chi connectivity index (χ1v) is 19.6. The molecule has 0 aliphatic carbocycles. The van der Waals surface area contributed by atoms with E-state index in [2.05, 4.69) is 0 Å². The van der Waals surface area contributed by atoms with Crippen molar-refractivity contribution in [2.75, 3.05) is 19.8 Å². The molecule has 27 heteroatoms. The van der Waals surface area contributed by atoms with E-state index in [1.807, 2.05) is 0 Å². The van der Waals surface area contributed by atoms with E-state index >= 15 is 0 Å². The van der Waals surface area contributed by atoms with Crippen molar-refractivity contribution in [3.05, 3.63) is 58.1 Å². The van der Waals surface area contributed by atoms with Gasteiger partial charge in [-0.2, -0.15) is 0 Å². The summed E-state index contributed by atoms with van der Waals surface area (Å²) >= 11 is 0. The summed E-state index contributed by atoms with van der Waals surface area (Å²) in [4.78, 5) is 95.9. The number of cyclic esters (lactones) is 1. The van der Waals surface area contributed by atoms with Crippen molar-refractivity contribution in [1.82, 2.24) is 0 Å². The molecule has 4 bridgehead atoms. The average molecular weight is 969 g/mol. The fourth-order valence-electron chi connectivity index (χ4n) is 8.13. The van der Waals surface area contributed by atoms with E-state index in [9.17, 15) is 94.8 Å². The SMILES string of the molecule is O=COCC1C(=O)OC2C3COC(=O)c4cc(O)c(O)c(O)c4-c4c(cc(O)c(O)c4O)C(=O)COC2C(OC(=O)c2cc(O)c(O)c4c2C1C(O)C(=O)O4)C(OC(=O)c1cc(O)c(O)c(O)c1)O3. The standard InChI is InChI=1S/C42H32O27/c43-9-62-6-14-24-25-13(5-19(48)29(53)34(25)67-41(61)32(24)56)39(59)68-36-35-33(66-40(14)60)21(65-42(36)69-37(57)10-1-15(44)26(50)16(45)2-10)8-64-38(58)12-4-18(47)28(52)31(55)23(12)22-11(20(49)7-63-35)3-17(46)27(51)30(22)54/h1-5,9,14,21,24,32-33,35-36,42,44-48,50-56H,6-8H2. The molecule has 4 aromatic carbocycles. The minimum absolute atomic E-state index is 0.176. The van der Waals surface area contributed by atoms with Gasteiger partial charge in [-0.25, -0.2) is 19.2 Å². The fraction of sp³-hybridized carbons (Fsp3) is 0.262. The van der Waals surface area contributed by atoms with E-state index in [1.54, 1.807) is 0 Å². The molecule has 0 saturated carbocycles. The molecule has 0 spiro atoms. The molecule has 0 radical (unpaired) electrons. The Hall–Kier alpha value is -8.95. The minimum atomic E-state index is -2.47. The lowest BCUT2D eigenvalue weighted by Gasteiger charge is -2.44. The largest absolute Gasteiger partial charge is 0.504 e. The van der Waals surface area contributed by atoms with Crippen LogP contribution in [-0.4, -0.2) is 160 Å². The lowest BCUT2D eigenvalue weighted by atomic mass is 9.77. The first kappa shape index (κ1) is 46.6. The highest BCUT2D eigenvalue weighted by Gasteiger charge is 2.57. The van der Waals surface area contributed by atoms with Crippen molar-refractivity contribution in [2.45, 2.75) is 42.7 Å². The summed E-state index contributed by atoms with van der Waals surface area (Å²) in [7, 11) is 0. The third kappa shape index (κ3) is 7.79. The van der Waals surface area contributed by atoms with E-state index in [-0.39, 0.29) is 6.47 Å². The number of phenolic OH excluding ortho intramolecular Hbond substituents is 11. The van der Waals surface area contributed by atoms with Crippen molar-refractivity contribution in [2.24, 2.45) is 5.92 Å². The molecule has 4 aliphatic heterocycles. The normalized spacial score (nSPS) is 24.3. The summed E-state index contributed by atoms with van der Waals surface area (Å²) in [6.07, 6.45) is -14.0. The Bertz CT molecular complexity index is 2880. The van der Waals surface area contributed by atoms with Crippen molar-refractivity contribution in [3.8, 4) is 80.1 Å². The maximum atomic E-state index is 14.6. The second kappa shape index (κ2) is 17.4. The van der Waals surface area contributed by atoms with Gasteiger partial charge in [0, 0.05) is 28.2 Å². The van der Waals surface area contributed by atoms with Gasteiger partial charge in [-0.1, -0.05) is 0 Å². The molecule has 4 aromatic rings. The number of fused-ring (bicyclic) bond motifs is 3. The summed E-state index contributed by atoms with van der Waals surface area (Å²) in [6.45, 7) is -3.93. The van der Waals surface area contributed by atoms with Crippen molar-refractivity contribution >= 4 is 42.1 Å². The highest BCUT2D eigenvalue weighted by atomic mass is 16.7. The van der Waals surface area contributed by atoms with Crippen LogP contribution in [0.15, 0.2) is 30.3 Å². The molecule has 1 fully saturated rings. The van der Waals surface area contributed by atoms with Crippen LogP contribution >= 0.6 is 0 Å². The minimum Gasteiger partial charge on any atom is -0.504 e. The number of hydrogen-bond acceptors (Lipinski definition) is 27. The number of hydrogen-bond donors (Lipinski definition) is 12. The smallest absolute Gasteiger partial charge is 0.341 e. The average Bonchev–Trinajstić information content (AvgIpc) is 3.31. The number of Topliss-reactive ketones (excluding diaryl/α,β-unsaturated/α-hetero) is 1. The molecule has 1 saturated heterocycles. The second-order valence-electron chi connectivity index (χ2n) is 15.4. The Labute approximate surface area is 381 Å². The Balaban J connectivity index is 1.36. The van der Waals surface area contributed by atoms with Crippen LogP contribution < -0.4 is 4.74 Å². The van der Waals surface area contributed by atoms with Crippen LogP contribution in [0.3, 0.4) is 0 Å². The topological polar surface area (TPSA) is 436 Å². The van der Waals surface area contributed by atoms with Gasteiger partial charge in [0.1, 0.15) is 37.9 Å². The second-order valence-corrected chi connectivity index (χ2v) is 15.4. The van der Waals surface area contributed by atoms with Crippen LogP contribution in [0.1, 0.15) is 52.9 Å². The van der Waals surface area contributed by atoms with Gasteiger partial charge in [-0.05, 0) is 30.3 Å². The van der Waals surface area contributed by atoms with Gasteiger partial charge in [0.05, 0.1) is 16.7 Å². The van der Waals surface area contributed by atoms with Crippen molar-refractivity contribution in [3.63, 3.8) is 0 Å². The van der Waals surface area contributed by atoms with Gasteiger partial charge in [0.25, 0.3) is 6.47 Å². The molecule has 27 nitrogen and oxygen atoms in total. The monoisotopic (exact) mass is 968 g/mol. The summed E-state index contributed by atoms with van der Waals surface area (Å²) in [5, 5.41) is 127. The zero-order valence-corrected chi connectivity index (χ0v) is 34.2. The molecular weight excluding hydrogens is 936 g/mol. The maximum Gasteiger partial charge on any atom is 0.341 e. The number of rotatable bonds is 5. The van der Waals surface area contributed by atoms with Crippen LogP contribution in [-0.2, 0) is 47.5 Å². The molecule has 8 atom stereocenters. The number of ketones is 1. The lowest BCUT2D eigenvalue weighted by Crippen LogP contribution is -2.63. The number of aliphatic hydroxyl groups is 1. The van der Waals surface area contributed by atoms with Crippen LogP contribution in [0, 0.1) is 5.92 Å². The van der Waals surface area contributed by atoms with E-state index in [0.29, 0.717) is 30.3 Å². The Morgan fingerprint density at radius 2 is 1.23 bits per heavy atom. The van der Waals surface area contributed by atoms with E-state index in [1.165, 1.54) is 0 Å². The number of phenols is 11. The number of ether oxygens (including phenoxy) is 8. The quantitative estimate of drug-likeness (QED) is 0.0403. The molecule has 4 heterocycles. The third-order valence-corrected chi connectivity index (χ3v) is 11.4. The highest BCUT2D eigenvalue weighted by molar-refractivity contribution is 6.10. The summed E-state index contributed by atoms with van der Waals surface area (Å²) < 4.78 is 44.3. The molecule has 69 heavy (non-hydrogen) atoms. The molecule has 8 rings (SSSR count). The Kier molecular flexibility index (Phi) is 11.7. The number of carbonyl (C=O) groups excluding carboxylic acids is 7. The molecule has 362 valence electrons. The molecule has 0 aromatic heterocycles. The maximum absolute atomic E-state index is 14.6. The number of esters is 5. The first-order valence-electron chi connectivity index (χ1n) is 19.6. The van der Waals surface area contributed by atoms with E-state index < -0.39 is 212 Å². The lowest BCUT2D eigenvalue weighted by molar-refractivity contribution is -0.294. The van der Waals surface area contributed by atoms with Crippen LogP contribution in [0.2, 0.25) is 0 Å². The predicted octanol–water partition coefficient (Wildman–Crippen LogP) is -0.261. The summed E-state index contributed by atoms with van der Waals surface area (Å²) in [5.41, 5.74) is -6.32. The van der Waals surface area contributed by atoms with Crippen molar-refractivity contribution in [1.29, 1.82) is 0 Å². The molecule has 8 unspecified atom stereocenters. The van der Waals surface area contributed by atoms with Gasteiger partial charge in [0.15, 0.2) is 75.8 Å². The first-order chi connectivity index (χ1) is 32.6. The van der Waals surface area contributed by atoms with Gasteiger partial charge in [-0.3, -0.25) is 14.4 Å². The van der Waals surface area contributed by atoms with Crippen LogP contribution in [0.25, 0.3) is 11.1 Å². The Morgan fingerprint density at radius 1 is 0.652 bits per heavy atom. The molecule has 4 aliphatic rings. The van der Waals surface area contributed by atoms with Gasteiger partial charge >= 0.3 is 29.8 Å². The zero-order chi connectivity index (χ0) is 50.1. The molecular formula is C42H32O27. The number of aliphatic hydroxyl groups excluding tert-OH is 1. The number of benzene rings is 4. The fourth-order valence-corrected chi connectivity index (χ4v) is 8.13. The van der Waals surface area contributed by atoms with Gasteiger partial charge in [0.2, 0.25) is 23.5 Å². The van der Waals surface area contributed by atoms with Crippen LogP contribution in [0.4, 0.5) is 0 Å². The summed E-state index contributed by atoms with van der Waals surface area (Å²) in [5.74, 6) is -28.2. The summed E-state index contributed by atoms with van der Waals surface area (Å²) in [6, 6.07) is 2.67. The van der Waals surface area contributed by atoms with Gasteiger partial charge in [-0.15, -0.1) is 0 Å². The predicted molar refractivity (Wildman–Crippen MR) is 210 cm³/mol. The highest BCUT2D eigenvalue weighted by Crippen LogP contribution is 2.54. The van der Waals surface area contributed by atoms with E-state index in [4.69, 9.17) is 37.9 Å². The Morgan fingerprint density at radius 3 is 1.87 bits per heavy atom. The number of aromatic hydroxyl groups is 11. The van der Waals surface area contributed by atoms with Gasteiger partial charge < -0.3 is 99.2 Å². The molecule has 12 N–H and O–H groups in total. The zero-order valence-electron chi connectivity index (χ0n) is 34.2. The van der Waals surface area contributed by atoms with Crippen molar-refractivity contribution < 1.29 is 133 Å².